The van der Waals surface area contributed by atoms with Gasteiger partial charge in [0.15, 0.2) is 6.10 Å². The van der Waals surface area contributed by atoms with Crippen LogP contribution in [0.25, 0.3) is 0 Å². The van der Waals surface area contributed by atoms with Crippen LogP contribution >= 0.6 is 0 Å². The third-order valence-electron chi connectivity index (χ3n) is 8.03. The van der Waals surface area contributed by atoms with Crippen molar-refractivity contribution in [3.8, 4) is 0 Å². The summed E-state index contributed by atoms with van der Waals surface area (Å²) in [6.45, 7) is 6.29. The van der Waals surface area contributed by atoms with Crippen LogP contribution in [-0.4, -0.2) is 42.9 Å². The molecule has 2 bridgehead atoms. The van der Waals surface area contributed by atoms with E-state index in [0.717, 1.165) is 49.9 Å². The summed E-state index contributed by atoms with van der Waals surface area (Å²) in [7, 11) is 0. The van der Waals surface area contributed by atoms with E-state index in [1.165, 1.54) is 34.2 Å². The predicted molar refractivity (Wildman–Crippen MR) is 137 cm³/mol. The first-order valence-corrected chi connectivity index (χ1v) is 12.8. The Kier molecular flexibility index (Phi) is 8.50. The van der Waals surface area contributed by atoms with Crippen LogP contribution in [0.4, 0.5) is 19.3 Å². The lowest BCUT2D eigenvalue weighted by molar-refractivity contribution is -0.945. The highest BCUT2D eigenvalue weighted by atomic mass is 35.5. The summed E-state index contributed by atoms with van der Waals surface area (Å²) in [6, 6.07) is 20.6. The van der Waals surface area contributed by atoms with Crippen molar-refractivity contribution in [1.82, 2.24) is 0 Å². The largest absolute Gasteiger partial charge is 1.00 e. The van der Waals surface area contributed by atoms with Gasteiger partial charge in [-0.25, -0.2) is 13.6 Å². The number of rotatable bonds is 7. The number of nitrogens with zero attached hydrogens (tertiary/aromatic N) is 2. The van der Waals surface area contributed by atoms with Gasteiger partial charge >= 0.3 is 6.09 Å². The molecule has 6 rings (SSSR count). The first kappa shape index (κ1) is 27.1. The van der Waals surface area contributed by atoms with Gasteiger partial charge in [0.2, 0.25) is 0 Å². The van der Waals surface area contributed by atoms with E-state index in [1.807, 2.05) is 0 Å². The number of hydrogen-bond acceptors (Lipinski definition) is 2. The Morgan fingerprint density at radius 3 is 2.35 bits per heavy atom. The van der Waals surface area contributed by atoms with Gasteiger partial charge in [-0.1, -0.05) is 48.5 Å². The number of ether oxygens (including phenoxy) is 1. The molecule has 1 amide bonds. The van der Waals surface area contributed by atoms with Crippen LogP contribution in [-0.2, 0) is 17.7 Å². The second-order valence-corrected chi connectivity index (χ2v) is 10.3. The van der Waals surface area contributed by atoms with Crippen molar-refractivity contribution in [2.75, 3.05) is 31.1 Å². The molecule has 37 heavy (non-hydrogen) atoms. The number of anilines is 1. The van der Waals surface area contributed by atoms with Crippen LogP contribution in [0.2, 0.25) is 0 Å². The Morgan fingerprint density at radius 1 is 0.973 bits per heavy atom. The highest BCUT2D eigenvalue weighted by Crippen LogP contribution is 2.36. The van der Waals surface area contributed by atoms with E-state index >= 15 is 0 Å². The van der Waals surface area contributed by atoms with E-state index in [2.05, 4.69) is 31.2 Å². The van der Waals surface area contributed by atoms with E-state index in [9.17, 15) is 13.6 Å². The summed E-state index contributed by atoms with van der Waals surface area (Å²) in [5.41, 5.74) is 3.55. The molecule has 196 valence electrons. The van der Waals surface area contributed by atoms with Gasteiger partial charge in [0, 0.05) is 25.2 Å². The number of carbonyl (C=O) groups excluding carboxylic acids is 1. The summed E-state index contributed by atoms with van der Waals surface area (Å²) in [6.07, 6.45) is 2.32. The normalized spacial score (nSPS) is 22.2. The van der Waals surface area contributed by atoms with Crippen molar-refractivity contribution in [2.45, 2.75) is 38.8 Å². The monoisotopic (exact) mass is 526 g/mol. The van der Waals surface area contributed by atoms with E-state index in [4.69, 9.17) is 4.74 Å². The Labute approximate surface area is 223 Å². The minimum absolute atomic E-state index is 0. The molecule has 0 unspecified atom stereocenters. The van der Waals surface area contributed by atoms with Gasteiger partial charge in [-0.2, -0.15) is 0 Å². The third-order valence-corrected chi connectivity index (χ3v) is 8.03. The number of aryl methyl sites for hydroxylation is 1. The molecule has 0 radical (unpaired) electrons. The highest BCUT2D eigenvalue weighted by molar-refractivity contribution is 5.87. The first-order chi connectivity index (χ1) is 17.4. The molecule has 3 heterocycles. The fourth-order valence-electron chi connectivity index (χ4n) is 5.80. The van der Waals surface area contributed by atoms with Crippen LogP contribution in [0.3, 0.4) is 0 Å². The van der Waals surface area contributed by atoms with Crippen LogP contribution in [0.15, 0.2) is 72.8 Å². The Morgan fingerprint density at radius 2 is 1.65 bits per heavy atom. The van der Waals surface area contributed by atoms with E-state index < -0.39 is 11.9 Å². The van der Waals surface area contributed by atoms with Crippen molar-refractivity contribution < 1.29 is 35.2 Å². The standard InChI is InChI=1S/C30H33F2N2O2.ClH/c1-22-6-2-3-7-24(22)14-17-34-18-15-25(16-19-34)29(21-34)36-30(35)33(28-9-5-4-8-27(28)32)20-23-10-12-26(31)13-11-23;/h2-13,25,29H,14-21H2,1H3;1H/q+1;/p-1/t25?,29-,34?;/m0./s1. The second-order valence-electron chi connectivity index (χ2n) is 10.3. The molecule has 7 heteroatoms. The van der Waals surface area contributed by atoms with E-state index in [1.54, 1.807) is 30.3 Å². The molecule has 3 aliphatic heterocycles. The van der Waals surface area contributed by atoms with Crippen LogP contribution in [0.5, 0.6) is 0 Å². The smallest absolute Gasteiger partial charge is 0.415 e. The molecular weight excluding hydrogens is 494 g/mol. The fourth-order valence-corrected chi connectivity index (χ4v) is 5.80. The van der Waals surface area contributed by atoms with E-state index in [0.29, 0.717) is 11.5 Å². The number of benzene rings is 3. The molecule has 0 N–H and O–H groups in total. The van der Waals surface area contributed by atoms with Crippen molar-refractivity contribution in [3.05, 3.63) is 101 Å². The topological polar surface area (TPSA) is 29.5 Å². The lowest BCUT2D eigenvalue weighted by atomic mass is 9.83. The summed E-state index contributed by atoms with van der Waals surface area (Å²) >= 11 is 0. The van der Waals surface area contributed by atoms with Crippen molar-refractivity contribution in [3.63, 3.8) is 0 Å². The molecule has 3 aliphatic rings. The van der Waals surface area contributed by atoms with Gasteiger partial charge in [-0.3, -0.25) is 4.90 Å². The summed E-state index contributed by atoms with van der Waals surface area (Å²) in [4.78, 5) is 14.8. The van der Waals surface area contributed by atoms with Crippen molar-refractivity contribution in [2.24, 2.45) is 5.92 Å². The Balaban J connectivity index is 0.00000320. The SMILES string of the molecule is Cc1ccccc1CC[N+]12CCC(CC1)[C@@H](OC(=O)N(Cc1ccc(F)cc1)c1ccccc1F)C2.[Cl-]. The molecule has 1 atom stereocenters. The number of hydrogen-bond donors (Lipinski definition) is 0. The molecule has 0 spiro atoms. The van der Waals surface area contributed by atoms with Crippen LogP contribution in [0.1, 0.15) is 29.5 Å². The molecule has 0 aromatic heterocycles. The maximum absolute atomic E-state index is 14.7. The number of fused-ring (bicyclic) bond motifs is 3. The molecular formula is C30H33ClF2N2O2. The van der Waals surface area contributed by atoms with Gasteiger partial charge in [0.25, 0.3) is 0 Å². The molecule has 4 nitrogen and oxygen atoms in total. The average Bonchev–Trinajstić information content (AvgIpc) is 2.89. The van der Waals surface area contributed by atoms with Crippen LogP contribution in [0, 0.1) is 24.5 Å². The minimum Gasteiger partial charge on any atom is -1.00 e. The average molecular weight is 527 g/mol. The second kappa shape index (κ2) is 11.6. The molecule has 3 aromatic carbocycles. The minimum atomic E-state index is -0.555. The molecule has 0 saturated carbocycles. The molecule has 3 aromatic rings. The Bertz CT molecular complexity index is 1210. The highest BCUT2D eigenvalue weighted by Gasteiger charge is 2.47. The van der Waals surface area contributed by atoms with Gasteiger partial charge in [-0.05, 0) is 47.9 Å². The molecule has 0 aliphatic carbocycles. The fraction of sp³-hybridized carbons (Fsp3) is 0.367. The lowest BCUT2D eigenvalue weighted by Crippen LogP contribution is -3.00. The number of halogens is 3. The maximum Gasteiger partial charge on any atom is 0.415 e. The maximum atomic E-state index is 14.7. The summed E-state index contributed by atoms with van der Waals surface area (Å²) in [5, 5.41) is 0. The lowest BCUT2D eigenvalue weighted by Gasteiger charge is -2.52. The number of para-hydroxylation sites is 1. The van der Waals surface area contributed by atoms with Crippen LogP contribution < -0.4 is 17.3 Å². The molecule has 3 fully saturated rings. The Hall–Kier alpha value is -2.96. The predicted octanol–water partition coefficient (Wildman–Crippen LogP) is 3.27. The van der Waals surface area contributed by atoms with Gasteiger partial charge in [0.1, 0.15) is 18.2 Å². The quantitative estimate of drug-likeness (QED) is 0.442. The summed E-state index contributed by atoms with van der Waals surface area (Å²) in [5.74, 6) is -0.515. The number of carbonyl (C=O) groups is 1. The zero-order valence-corrected chi connectivity index (χ0v) is 21.8. The van der Waals surface area contributed by atoms with E-state index in [-0.39, 0.29) is 36.6 Å². The van der Waals surface area contributed by atoms with Crippen molar-refractivity contribution >= 4 is 11.8 Å². The van der Waals surface area contributed by atoms with Gasteiger partial charge < -0.3 is 21.6 Å². The molecule has 3 saturated heterocycles. The summed E-state index contributed by atoms with van der Waals surface area (Å²) < 4.78 is 35.2. The third kappa shape index (κ3) is 6.13. The van der Waals surface area contributed by atoms with Crippen molar-refractivity contribution in [1.29, 1.82) is 0 Å². The number of quaternary nitrogens is 1. The van der Waals surface area contributed by atoms with Gasteiger partial charge in [0.05, 0.1) is 31.9 Å². The zero-order chi connectivity index (χ0) is 25.1. The zero-order valence-electron chi connectivity index (χ0n) is 21.1. The first-order valence-electron chi connectivity index (χ1n) is 12.8. The van der Waals surface area contributed by atoms with Gasteiger partial charge in [-0.15, -0.1) is 0 Å². The number of piperidine rings is 3. The number of amides is 1.